The number of pyridine rings is 1. The fourth-order valence-electron chi connectivity index (χ4n) is 1.14. The Morgan fingerprint density at radius 1 is 1.57 bits per heavy atom. The SMILES string of the molecule is C=CCOc1cc(CN)cc(CC)n1. The van der Waals surface area contributed by atoms with E-state index in [1.807, 2.05) is 12.1 Å². The maximum Gasteiger partial charge on any atom is 0.214 e. The number of aromatic nitrogens is 1. The van der Waals surface area contributed by atoms with Gasteiger partial charge >= 0.3 is 0 Å². The zero-order valence-electron chi connectivity index (χ0n) is 8.49. The second kappa shape index (κ2) is 5.40. The van der Waals surface area contributed by atoms with Gasteiger partial charge in [0.2, 0.25) is 5.88 Å². The molecule has 3 heteroatoms. The van der Waals surface area contributed by atoms with Crippen molar-refractivity contribution in [1.82, 2.24) is 4.98 Å². The number of hydrogen-bond donors (Lipinski definition) is 1. The summed E-state index contributed by atoms with van der Waals surface area (Å²) in [4.78, 5) is 4.31. The third-order valence-corrected chi connectivity index (χ3v) is 1.86. The van der Waals surface area contributed by atoms with E-state index in [4.69, 9.17) is 10.5 Å². The minimum absolute atomic E-state index is 0.476. The lowest BCUT2D eigenvalue weighted by atomic mass is 10.2. The van der Waals surface area contributed by atoms with E-state index >= 15 is 0 Å². The Balaban J connectivity index is 2.86. The van der Waals surface area contributed by atoms with E-state index in [0.29, 0.717) is 19.0 Å². The van der Waals surface area contributed by atoms with Crippen LogP contribution in [0.2, 0.25) is 0 Å². The predicted octanol–water partition coefficient (Wildman–Crippen LogP) is 1.67. The van der Waals surface area contributed by atoms with Crippen molar-refractivity contribution >= 4 is 0 Å². The van der Waals surface area contributed by atoms with Crippen molar-refractivity contribution in [2.45, 2.75) is 19.9 Å². The fourth-order valence-corrected chi connectivity index (χ4v) is 1.14. The molecule has 1 aromatic heterocycles. The molecule has 14 heavy (non-hydrogen) atoms. The quantitative estimate of drug-likeness (QED) is 0.722. The molecular weight excluding hydrogens is 176 g/mol. The summed E-state index contributed by atoms with van der Waals surface area (Å²) in [7, 11) is 0. The van der Waals surface area contributed by atoms with Crippen molar-refractivity contribution < 1.29 is 4.74 Å². The topological polar surface area (TPSA) is 48.1 Å². The molecule has 1 heterocycles. The zero-order valence-corrected chi connectivity index (χ0v) is 8.49. The molecule has 1 aromatic rings. The molecule has 76 valence electrons. The van der Waals surface area contributed by atoms with E-state index in [1.165, 1.54) is 0 Å². The Hall–Kier alpha value is -1.35. The van der Waals surface area contributed by atoms with Crippen LogP contribution < -0.4 is 10.5 Å². The Morgan fingerprint density at radius 3 is 2.93 bits per heavy atom. The lowest BCUT2D eigenvalue weighted by Gasteiger charge is -2.06. The molecule has 0 spiro atoms. The number of nitrogens with two attached hydrogens (primary N) is 1. The van der Waals surface area contributed by atoms with E-state index in [9.17, 15) is 0 Å². The van der Waals surface area contributed by atoms with Gasteiger partial charge in [-0.1, -0.05) is 19.6 Å². The first-order chi connectivity index (χ1) is 6.80. The molecule has 0 radical (unpaired) electrons. The van der Waals surface area contributed by atoms with Gasteiger partial charge < -0.3 is 10.5 Å². The predicted molar refractivity (Wildman–Crippen MR) is 57.2 cm³/mol. The normalized spacial score (nSPS) is 9.86. The average molecular weight is 192 g/mol. The van der Waals surface area contributed by atoms with Crippen molar-refractivity contribution in [2.75, 3.05) is 6.61 Å². The second-order valence-electron chi connectivity index (χ2n) is 2.96. The third kappa shape index (κ3) is 2.85. The summed E-state index contributed by atoms with van der Waals surface area (Å²) < 4.78 is 5.36. The van der Waals surface area contributed by atoms with Gasteiger partial charge in [-0.3, -0.25) is 0 Å². The van der Waals surface area contributed by atoms with Crippen molar-refractivity contribution in [3.05, 3.63) is 36.0 Å². The summed E-state index contributed by atoms with van der Waals surface area (Å²) in [6.45, 7) is 6.63. The van der Waals surface area contributed by atoms with Crippen LogP contribution in [0.3, 0.4) is 0 Å². The van der Waals surface area contributed by atoms with E-state index in [1.54, 1.807) is 6.08 Å². The Labute approximate surface area is 84.6 Å². The molecule has 0 atom stereocenters. The van der Waals surface area contributed by atoms with Gasteiger partial charge in [0.25, 0.3) is 0 Å². The minimum atomic E-state index is 0.476. The highest BCUT2D eigenvalue weighted by atomic mass is 16.5. The van der Waals surface area contributed by atoms with Crippen molar-refractivity contribution in [3.8, 4) is 5.88 Å². The molecule has 0 aromatic carbocycles. The van der Waals surface area contributed by atoms with Gasteiger partial charge in [0.1, 0.15) is 6.61 Å². The molecule has 0 aliphatic carbocycles. The Morgan fingerprint density at radius 2 is 2.36 bits per heavy atom. The molecule has 2 N–H and O–H groups in total. The maximum atomic E-state index is 5.57. The highest BCUT2D eigenvalue weighted by molar-refractivity contribution is 5.25. The maximum absolute atomic E-state index is 5.57. The lowest BCUT2D eigenvalue weighted by molar-refractivity contribution is 0.347. The van der Waals surface area contributed by atoms with Crippen LogP contribution in [0.1, 0.15) is 18.2 Å². The number of nitrogens with zero attached hydrogens (tertiary/aromatic N) is 1. The summed E-state index contributed by atoms with van der Waals surface area (Å²) in [5.41, 5.74) is 7.63. The molecule has 0 amide bonds. The van der Waals surface area contributed by atoms with Crippen LogP contribution in [-0.4, -0.2) is 11.6 Å². The largest absolute Gasteiger partial charge is 0.473 e. The van der Waals surface area contributed by atoms with E-state index in [-0.39, 0.29) is 0 Å². The van der Waals surface area contributed by atoms with Crippen LogP contribution >= 0.6 is 0 Å². The molecule has 0 saturated heterocycles. The smallest absolute Gasteiger partial charge is 0.214 e. The van der Waals surface area contributed by atoms with E-state index < -0.39 is 0 Å². The van der Waals surface area contributed by atoms with E-state index in [0.717, 1.165) is 17.7 Å². The van der Waals surface area contributed by atoms with Crippen LogP contribution in [0.5, 0.6) is 5.88 Å². The molecule has 0 unspecified atom stereocenters. The van der Waals surface area contributed by atoms with Crippen LogP contribution in [-0.2, 0) is 13.0 Å². The number of rotatable bonds is 5. The van der Waals surface area contributed by atoms with Gasteiger partial charge in [-0.15, -0.1) is 0 Å². The Kier molecular flexibility index (Phi) is 4.13. The molecule has 1 rings (SSSR count). The number of ether oxygens (including phenoxy) is 1. The highest BCUT2D eigenvalue weighted by Gasteiger charge is 2.00. The second-order valence-corrected chi connectivity index (χ2v) is 2.96. The molecule has 0 bridgehead atoms. The molecular formula is C11H16N2O. The molecule has 0 aliphatic rings. The van der Waals surface area contributed by atoms with Crippen molar-refractivity contribution in [2.24, 2.45) is 5.73 Å². The molecule has 0 fully saturated rings. The summed E-state index contributed by atoms with van der Waals surface area (Å²) in [6.07, 6.45) is 2.58. The van der Waals surface area contributed by atoms with E-state index in [2.05, 4.69) is 18.5 Å². The first-order valence-electron chi connectivity index (χ1n) is 4.73. The summed E-state index contributed by atoms with van der Waals surface area (Å²) in [6, 6.07) is 3.86. The summed E-state index contributed by atoms with van der Waals surface area (Å²) >= 11 is 0. The highest BCUT2D eigenvalue weighted by Crippen LogP contribution is 2.12. The van der Waals surface area contributed by atoms with Crippen molar-refractivity contribution in [3.63, 3.8) is 0 Å². The monoisotopic (exact) mass is 192 g/mol. The number of hydrogen-bond acceptors (Lipinski definition) is 3. The average Bonchev–Trinajstić information content (AvgIpc) is 2.25. The summed E-state index contributed by atoms with van der Waals surface area (Å²) in [5, 5.41) is 0. The Bertz CT molecular complexity index is 288. The van der Waals surface area contributed by atoms with Crippen LogP contribution in [0.15, 0.2) is 24.8 Å². The van der Waals surface area contributed by atoms with Gasteiger partial charge in [0, 0.05) is 18.3 Å². The molecule has 3 nitrogen and oxygen atoms in total. The van der Waals surface area contributed by atoms with Crippen LogP contribution in [0, 0.1) is 0 Å². The molecule has 0 aliphatic heterocycles. The standard InChI is InChI=1S/C11H16N2O/c1-3-5-14-11-7-9(8-12)6-10(4-2)13-11/h3,6-7H,1,4-5,8,12H2,2H3. The summed E-state index contributed by atoms with van der Waals surface area (Å²) in [5.74, 6) is 0.629. The van der Waals surface area contributed by atoms with Crippen LogP contribution in [0.4, 0.5) is 0 Å². The fraction of sp³-hybridized carbons (Fsp3) is 0.364. The molecule has 0 saturated carbocycles. The third-order valence-electron chi connectivity index (χ3n) is 1.86. The lowest BCUT2D eigenvalue weighted by Crippen LogP contribution is -2.02. The first-order valence-corrected chi connectivity index (χ1v) is 4.73. The van der Waals surface area contributed by atoms with Crippen molar-refractivity contribution in [1.29, 1.82) is 0 Å². The van der Waals surface area contributed by atoms with Gasteiger partial charge in [0.15, 0.2) is 0 Å². The van der Waals surface area contributed by atoms with Gasteiger partial charge in [-0.05, 0) is 18.1 Å². The van der Waals surface area contributed by atoms with Crippen LogP contribution in [0.25, 0.3) is 0 Å². The minimum Gasteiger partial charge on any atom is -0.473 e. The van der Waals surface area contributed by atoms with Gasteiger partial charge in [-0.25, -0.2) is 4.98 Å². The first kappa shape index (κ1) is 10.7. The van der Waals surface area contributed by atoms with Gasteiger partial charge in [0.05, 0.1) is 0 Å². The van der Waals surface area contributed by atoms with Gasteiger partial charge in [-0.2, -0.15) is 0 Å². The number of aryl methyl sites for hydroxylation is 1. The zero-order chi connectivity index (χ0) is 10.4.